The molecular formula is C14H24N2S. The molecule has 3 atom stereocenters. The van der Waals surface area contributed by atoms with Crippen molar-refractivity contribution >= 4 is 17.3 Å². The molecule has 0 spiro atoms. The lowest BCUT2D eigenvalue weighted by Crippen LogP contribution is -2.48. The minimum absolute atomic E-state index is 0.695. The van der Waals surface area contributed by atoms with Crippen molar-refractivity contribution in [2.24, 2.45) is 17.8 Å². The molecule has 2 saturated carbocycles. The molecule has 3 heteroatoms. The van der Waals surface area contributed by atoms with Gasteiger partial charge in [-0.15, -0.1) is 0 Å². The fourth-order valence-electron chi connectivity index (χ4n) is 3.88. The van der Waals surface area contributed by atoms with Gasteiger partial charge in [0.1, 0.15) is 0 Å². The van der Waals surface area contributed by atoms with E-state index in [1.807, 2.05) is 0 Å². The van der Waals surface area contributed by atoms with Crippen molar-refractivity contribution in [3.05, 3.63) is 0 Å². The molecule has 2 nitrogen and oxygen atoms in total. The zero-order valence-corrected chi connectivity index (χ0v) is 11.6. The normalized spacial score (nSPS) is 37.5. The molecule has 0 aromatic heterocycles. The van der Waals surface area contributed by atoms with Crippen LogP contribution in [0, 0.1) is 17.8 Å². The van der Waals surface area contributed by atoms with Crippen LogP contribution in [-0.4, -0.2) is 29.1 Å². The van der Waals surface area contributed by atoms with Gasteiger partial charge in [0.2, 0.25) is 0 Å². The zero-order valence-electron chi connectivity index (χ0n) is 10.8. The second kappa shape index (κ2) is 4.75. The average Bonchev–Trinajstić information content (AvgIpc) is 2.91. The number of hydrogen-bond acceptors (Lipinski definition) is 1. The standard InChI is InChI=1S/C14H24N2S/c1-10-4-6-16(7-5-10)14(17)15-13-9-11-2-3-12(13)8-11/h10-13H,2-9H2,1H3,(H,15,17)/t11-,12-,13-/m0/s1. The number of thiocarbonyl (C=S) groups is 1. The van der Waals surface area contributed by atoms with Crippen LogP contribution in [0.5, 0.6) is 0 Å². The van der Waals surface area contributed by atoms with Crippen LogP contribution in [0.15, 0.2) is 0 Å². The number of fused-ring (bicyclic) bond motifs is 2. The van der Waals surface area contributed by atoms with Crippen LogP contribution >= 0.6 is 12.2 Å². The molecule has 0 amide bonds. The van der Waals surface area contributed by atoms with E-state index in [-0.39, 0.29) is 0 Å². The molecule has 1 N–H and O–H groups in total. The third kappa shape index (κ3) is 2.44. The molecular weight excluding hydrogens is 228 g/mol. The summed E-state index contributed by atoms with van der Waals surface area (Å²) < 4.78 is 0. The van der Waals surface area contributed by atoms with Crippen LogP contribution < -0.4 is 5.32 Å². The maximum atomic E-state index is 5.58. The van der Waals surface area contributed by atoms with Crippen molar-refractivity contribution in [2.75, 3.05) is 13.1 Å². The molecule has 1 aliphatic heterocycles. The van der Waals surface area contributed by atoms with E-state index < -0.39 is 0 Å². The Hall–Kier alpha value is -0.310. The number of nitrogens with one attached hydrogen (secondary N) is 1. The minimum atomic E-state index is 0.695. The highest BCUT2D eigenvalue weighted by Crippen LogP contribution is 2.44. The Balaban J connectivity index is 1.50. The van der Waals surface area contributed by atoms with Crippen molar-refractivity contribution in [1.82, 2.24) is 10.2 Å². The van der Waals surface area contributed by atoms with Gasteiger partial charge in [-0.05, 0) is 62.1 Å². The number of piperidine rings is 1. The third-order valence-corrected chi connectivity index (χ3v) is 5.49. The summed E-state index contributed by atoms with van der Waals surface area (Å²) in [7, 11) is 0. The fraction of sp³-hybridized carbons (Fsp3) is 0.929. The van der Waals surface area contributed by atoms with E-state index in [9.17, 15) is 0 Å². The first-order valence-corrected chi connectivity index (χ1v) is 7.68. The van der Waals surface area contributed by atoms with Gasteiger partial charge in [0.15, 0.2) is 5.11 Å². The lowest BCUT2D eigenvalue weighted by atomic mass is 9.95. The van der Waals surface area contributed by atoms with Gasteiger partial charge in [0, 0.05) is 19.1 Å². The van der Waals surface area contributed by atoms with Crippen molar-refractivity contribution < 1.29 is 0 Å². The Labute approximate surface area is 110 Å². The first-order valence-electron chi connectivity index (χ1n) is 7.28. The quantitative estimate of drug-likeness (QED) is 0.723. The minimum Gasteiger partial charge on any atom is -0.360 e. The first kappa shape index (κ1) is 11.8. The molecule has 0 radical (unpaired) electrons. The van der Waals surface area contributed by atoms with E-state index in [0.29, 0.717) is 6.04 Å². The second-order valence-electron chi connectivity index (χ2n) is 6.40. The summed E-state index contributed by atoms with van der Waals surface area (Å²) in [6, 6.07) is 0.695. The van der Waals surface area contributed by atoms with Gasteiger partial charge in [-0.1, -0.05) is 13.3 Å². The van der Waals surface area contributed by atoms with E-state index in [0.717, 1.165) is 36.0 Å². The lowest BCUT2D eigenvalue weighted by Gasteiger charge is -2.35. The second-order valence-corrected chi connectivity index (χ2v) is 6.79. The molecule has 3 fully saturated rings. The summed E-state index contributed by atoms with van der Waals surface area (Å²) in [5, 5.41) is 4.69. The predicted octanol–water partition coefficient (Wildman–Crippen LogP) is 2.78. The van der Waals surface area contributed by atoms with Gasteiger partial charge in [-0.25, -0.2) is 0 Å². The predicted molar refractivity (Wildman–Crippen MR) is 74.9 cm³/mol. The Bertz CT molecular complexity index is 297. The lowest BCUT2D eigenvalue weighted by molar-refractivity contribution is 0.270. The van der Waals surface area contributed by atoms with E-state index in [4.69, 9.17) is 12.2 Å². The van der Waals surface area contributed by atoms with Crippen molar-refractivity contribution in [3.63, 3.8) is 0 Å². The summed E-state index contributed by atoms with van der Waals surface area (Å²) in [6.07, 6.45) is 8.34. The SMILES string of the molecule is CC1CCN(C(=S)N[C@H]2C[C@H]3CC[C@H]2C3)CC1. The van der Waals surface area contributed by atoms with Crippen LogP contribution in [0.1, 0.15) is 45.4 Å². The number of likely N-dealkylation sites (tertiary alicyclic amines) is 1. The van der Waals surface area contributed by atoms with Crippen molar-refractivity contribution in [1.29, 1.82) is 0 Å². The molecule has 3 rings (SSSR count). The number of rotatable bonds is 1. The number of hydrogen-bond donors (Lipinski definition) is 1. The van der Waals surface area contributed by atoms with Crippen LogP contribution in [0.4, 0.5) is 0 Å². The Kier molecular flexibility index (Phi) is 3.29. The topological polar surface area (TPSA) is 15.3 Å². The molecule has 0 unspecified atom stereocenters. The van der Waals surface area contributed by atoms with Crippen molar-refractivity contribution in [3.8, 4) is 0 Å². The van der Waals surface area contributed by atoms with Crippen LogP contribution in [0.2, 0.25) is 0 Å². The summed E-state index contributed by atoms with van der Waals surface area (Å²) in [5.41, 5.74) is 0. The van der Waals surface area contributed by atoms with Crippen molar-refractivity contribution in [2.45, 2.75) is 51.5 Å². The average molecular weight is 252 g/mol. The van der Waals surface area contributed by atoms with Crippen LogP contribution in [0.3, 0.4) is 0 Å². The van der Waals surface area contributed by atoms with Gasteiger partial charge in [0.05, 0.1) is 0 Å². The van der Waals surface area contributed by atoms with Gasteiger partial charge in [-0.3, -0.25) is 0 Å². The highest BCUT2D eigenvalue weighted by Gasteiger charge is 2.40. The van der Waals surface area contributed by atoms with Crippen LogP contribution in [-0.2, 0) is 0 Å². The summed E-state index contributed by atoms with van der Waals surface area (Å²) in [5.74, 6) is 2.81. The maximum absolute atomic E-state index is 5.58. The summed E-state index contributed by atoms with van der Waals surface area (Å²) >= 11 is 5.58. The Morgan fingerprint density at radius 2 is 1.88 bits per heavy atom. The third-order valence-electron chi connectivity index (χ3n) is 5.12. The van der Waals surface area contributed by atoms with Gasteiger partial charge >= 0.3 is 0 Å². The molecule has 0 aromatic carbocycles. The van der Waals surface area contributed by atoms with Gasteiger partial charge in [-0.2, -0.15) is 0 Å². The number of nitrogens with zero attached hydrogens (tertiary/aromatic N) is 1. The molecule has 2 aliphatic carbocycles. The molecule has 96 valence electrons. The summed E-state index contributed by atoms with van der Waals surface area (Å²) in [6.45, 7) is 4.67. The van der Waals surface area contributed by atoms with E-state index >= 15 is 0 Å². The molecule has 0 aromatic rings. The maximum Gasteiger partial charge on any atom is 0.169 e. The molecule has 2 bridgehead atoms. The molecule has 17 heavy (non-hydrogen) atoms. The van der Waals surface area contributed by atoms with E-state index in [1.165, 1.54) is 38.5 Å². The molecule has 3 aliphatic rings. The van der Waals surface area contributed by atoms with Gasteiger partial charge < -0.3 is 10.2 Å². The van der Waals surface area contributed by atoms with E-state index in [1.54, 1.807) is 0 Å². The Morgan fingerprint density at radius 1 is 1.12 bits per heavy atom. The zero-order chi connectivity index (χ0) is 11.8. The highest BCUT2D eigenvalue weighted by atomic mass is 32.1. The summed E-state index contributed by atoms with van der Waals surface area (Å²) in [4.78, 5) is 2.39. The molecule has 1 saturated heterocycles. The fourth-order valence-corrected chi connectivity index (χ4v) is 4.22. The van der Waals surface area contributed by atoms with Gasteiger partial charge in [0.25, 0.3) is 0 Å². The first-order chi connectivity index (χ1) is 8.22. The largest absolute Gasteiger partial charge is 0.360 e. The van der Waals surface area contributed by atoms with Crippen LogP contribution in [0.25, 0.3) is 0 Å². The highest BCUT2D eigenvalue weighted by molar-refractivity contribution is 7.80. The Morgan fingerprint density at radius 3 is 2.47 bits per heavy atom. The molecule has 1 heterocycles. The van der Waals surface area contributed by atoms with E-state index in [2.05, 4.69) is 17.1 Å². The smallest absolute Gasteiger partial charge is 0.169 e. The monoisotopic (exact) mass is 252 g/mol.